The van der Waals surface area contributed by atoms with Gasteiger partial charge in [0, 0.05) is 11.6 Å². The van der Waals surface area contributed by atoms with Crippen LogP contribution in [-0.2, 0) is 0 Å². The number of nitrogens with one attached hydrogen (secondary N) is 1. The van der Waals surface area contributed by atoms with Crippen molar-refractivity contribution < 1.29 is 9.13 Å². The maximum absolute atomic E-state index is 13.5. The lowest BCUT2D eigenvalue weighted by molar-refractivity contribution is 0.338. The van der Waals surface area contributed by atoms with Gasteiger partial charge in [0.25, 0.3) is 0 Å². The Bertz CT molecular complexity index is 438. The van der Waals surface area contributed by atoms with Gasteiger partial charge in [0.15, 0.2) is 0 Å². The molecule has 2 aliphatic carbocycles. The van der Waals surface area contributed by atoms with Crippen molar-refractivity contribution in [3.63, 3.8) is 0 Å². The van der Waals surface area contributed by atoms with Crippen LogP contribution >= 0.6 is 0 Å². The van der Waals surface area contributed by atoms with E-state index in [1.807, 2.05) is 7.05 Å². The van der Waals surface area contributed by atoms with E-state index in [4.69, 9.17) is 4.74 Å². The van der Waals surface area contributed by atoms with E-state index in [9.17, 15) is 4.39 Å². The van der Waals surface area contributed by atoms with Gasteiger partial charge in [0.05, 0.1) is 7.11 Å². The molecular formula is C15H20FNO. The molecule has 3 unspecified atom stereocenters. The van der Waals surface area contributed by atoms with Crippen LogP contribution in [0.25, 0.3) is 0 Å². The molecule has 0 saturated heterocycles. The molecule has 18 heavy (non-hydrogen) atoms. The fourth-order valence-electron chi connectivity index (χ4n) is 3.63. The predicted octanol–water partition coefficient (Wildman–Crippen LogP) is 3.14. The van der Waals surface area contributed by atoms with Gasteiger partial charge in [-0.2, -0.15) is 0 Å². The molecule has 2 aliphatic rings. The van der Waals surface area contributed by atoms with Gasteiger partial charge in [-0.05, 0) is 62.3 Å². The minimum atomic E-state index is -0.186. The topological polar surface area (TPSA) is 21.3 Å². The summed E-state index contributed by atoms with van der Waals surface area (Å²) in [7, 11) is 3.61. The van der Waals surface area contributed by atoms with Crippen LogP contribution in [0.15, 0.2) is 18.2 Å². The van der Waals surface area contributed by atoms with Crippen LogP contribution < -0.4 is 10.1 Å². The first kappa shape index (κ1) is 12.0. The number of fused-ring (bicyclic) bond motifs is 1. The first-order valence-electron chi connectivity index (χ1n) is 6.73. The Labute approximate surface area is 108 Å². The van der Waals surface area contributed by atoms with Crippen molar-refractivity contribution >= 4 is 0 Å². The quantitative estimate of drug-likeness (QED) is 0.885. The second-order valence-corrected chi connectivity index (χ2v) is 5.64. The van der Waals surface area contributed by atoms with E-state index in [2.05, 4.69) is 5.32 Å². The van der Waals surface area contributed by atoms with Crippen LogP contribution in [0.2, 0.25) is 0 Å². The second-order valence-electron chi connectivity index (χ2n) is 5.64. The summed E-state index contributed by atoms with van der Waals surface area (Å²) in [6.07, 6.45) is 3.96. The second kappa shape index (κ2) is 4.54. The summed E-state index contributed by atoms with van der Waals surface area (Å²) >= 11 is 0. The molecule has 2 saturated carbocycles. The van der Waals surface area contributed by atoms with Crippen molar-refractivity contribution in [1.82, 2.24) is 5.32 Å². The number of benzene rings is 1. The van der Waals surface area contributed by atoms with Crippen molar-refractivity contribution in [2.75, 3.05) is 14.2 Å². The Hall–Kier alpha value is -1.09. The van der Waals surface area contributed by atoms with Crippen molar-refractivity contribution in [1.29, 1.82) is 0 Å². The number of hydrogen-bond acceptors (Lipinski definition) is 2. The van der Waals surface area contributed by atoms with Gasteiger partial charge < -0.3 is 10.1 Å². The SMILES string of the molecule is CNC(c1cc(F)ccc1OC)C1CC2CC2C1. The molecule has 0 spiro atoms. The molecule has 0 aliphatic heterocycles. The molecule has 0 heterocycles. The molecule has 98 valence electrons. The van der Waals surface area contributed by atoms with E-state index >= 15 is 0 Å². The standard InChI is InChI=1S/C15H20FNO/c1-17-15(11-6-9-5-10(9)7-11)13-8-12(16)3-4-14(13)18-2/h3-4,8-11,15,17H,5-7H2,1-2H3. The van der Waals surface area contributed by atoms with Gasteiger partial charge in [0.1, 0.15) is 11.6 Å². The monoisotopic (exact) mass is 249 g/mol. The zero-order valence-corrected chi connectivity index (χ0v) is 10.9. The lowest BCUT2D eigenvalue weighted by Gasteiger charge is -2.26. The number of hydrogen-bond donors (Lipinski definition) is 1. The first-order valence-corrected chi connectivity index (χ1v) is 6.73. The maximum Gasteiger partial charge on any atom is 0.123 e. The molecule has 3 atom stereocenters. The average molecular weight is 249 g/mol. The number of halogens is 1. The molecule has 2 nitrogen and oxygen atoms in total. The minimum Gasteiger partial charge on any atom is -0.496 e. The molecule has 1 N–H and O–H groups in total. The van der Waals surface area contributed by atoms with Crippen LogP contribution in [-0.4, -0.2) is 14.2 Å². The van der Waals surface area contributed by atoms with Crippen LogP contribution in [0.1, 0.15) is 30.9 Å². The lowest BCUT2D eigenvalue weighted by atomic mass is 9.88. The third kappa shape index (κ3) is 2.01. The smallest absolute Gasteiger partial charge is 0.123 e. The van der Waals surface area contributed by atoms with Crippen molar-refractivity contribution in [3.05, 3.63) is 29.6 Å². The van der Waals surface area contributed by atoms with E-state index in [-0.39, 0.29) is 11.9 Å². The molecule has 0 amide bonds. The summed E-state index contributed by atoms with van der Waals surface area (Å²) < 4.78 is 18.8. The number of ether oxygens (including phenoxy) is 1. The van der Waals surface area contributed by atoms with E-state index in [0.717, 1.165) is 23.1 Å². The van der Waals surface area contributed by atoms with Gasteiger partial charge in [-0.25, -0.2) is 4.39 Å². The minimum absolute atomic E-state index is 0.186. The Morgan fingerprint density at radius 2 is 2.00 bits per heavy atom. The molecule has 0 radical (unpaired) electrons. The summed E-state index contributed by atoms with van der Waals surface area (Å²) in [5.41, 5.74) is 0.964. The summed E-state index contributed by atoms with van der Waals surface area (Å²) in [5.74, 6) is 3.09. The highest BCUT2D eigenvalue weighted by molar-refractivity contribution is 5.37. The lowest BCUT2D eigenvalue weighted by Crippen LogP contribution is -2.25. The van der Waals surface area contributed by atoms with Gasteiger partial charge in [-0.1, -0.05) is 0 Å². The molecule has 0 aromatic heterocycles. The van der Waals surface area contributed by atoms with Gasteiger partial charge in [-0.15, -0.1) is 0 Å². The molecule has 1 aromatic rings. The Balaban J connectivity index is 1.88. The van der Waals surface area contributed by atoms with E-state index < -0.39 is 0 Å². The maximum atomic E-state index is 13.5. The normalized spacial score (nSPS) is 30.9. The molecule has 3 rings (SSSR count). The molecule has 3 heteroatoms. The van der Waals surface area contributed by atoms with Crippen molar-refractivity contribution in [3.8, 4) is 5.75 Å². The predicted molar refractivity (Wildman–Crippen MR) is 69.1 cm³/mol. The molecule has 0 bridgehead atoms. The van der Waals surface area contributed by atoms with Gasteiger partial charge in [0.2, 0.25) is 0 Å². The average Bonchev–Trinajstić information content (AvgIpc) is 2.98. The first-order chi connectivity index (χ1) is 8.72. The highest BCUT2D eigenvalue weighted by atomic mass is 19.1. The largest absolute Gasteiger partial charge is 0.496 e. The Morgan fingerprint density at radius 3 is 2.61 bits per heavy atom. The third-order valence-electron chi connectivity index (χ3n) is 4.59. The van der Waals surface area contributed by atoms with Crippen LogP contribution in [0.3, 0.4) is 0 Å². The zero-order chi connectivity index (χ0) is 12.7. The highest BCUT2D eigenvalue weighted by Gasteiger charge is 2.48. The zero-order valence-electron chi connectivity index (χ0n) is 10.9. The van der Waals surface area contributed by atoms with Crippen LogP contribution in [0.5, 0.6) is 5.75 Å². The van der Waals surface area contributed by atoms with E-state index in [0.29, 0.717) is 5.92 Å². The van der Waals surface area contributed by atoms with Crippen LogP contribution in [0.4, 0.5) is 4.39 Å². The fourth-order valence-corrected chi connectivity index (χ4v) is 3.63. The van der Waals surface area contributed by atoms with Gasteiger partial charge in [-0.3, -0.25) is 0 Å². The summed E-state index contributed by atoms with van der Waals surface area (Å²) in [6, 6.07) is 5.01. The fraction of sp³-hybridized carbons (Fsp3) is 0.600. The molecule has 2 fully saturated rings. The van der Waals surface area contributed by atoms with E-state index in [1.165, 1.54) is 25.3 Å². The van der Waals surface area contributed by atoms with Crippen molar-refractivity contribution in [2.45, 2.75) is 25.3 Å². The number of methoxy groups -OCH3 is 1. The summed E-state index contributed by atoms with van der Waals surface area (Å²) in [6.45, 7) is 0. The molecule has 1 aromatic carbocycles. The Morgan fingerprint density at radius 1 is 1.28 bits per heavy atom. The van der Waals surface area contributed by atoms with E-state index in [1.54, 1.807) is 19.2 Å². The highest BCUT2D eigenvalue weighted by Crippen LogP contribution is 2.57. The number of rotatable bonds is 4. The van der Waals surface area contributed by atoms with Gasteiger partial charge >= 0.3 is 0 Å². The Kier molecular flexibility index (Phi) is 3.02. The third-order valence-corrected chi connectivity index (χ3v) is 4.59. The molecular weight excluding hydrogens is 229 g/mol. The van der Waals surface area contributed by atoms with Crippen molar-refractivity contribution in [2.24, 2.45) is 17.8 Å². The summed E-state index contributed by atoms with van der Waals surface area (Å²) in [5, 5.41) is 3.36. The summed E-state index contributed by atoms with van der Waals surface area (Å²) in [4.78, 5) is 0. The van der Waals surface area contributed by atoms with Crippen LogP contribution in [0, 0.1) is 23.6 Å².